The first-order valence-electron chi connectivity index (χ1n) is 10.5. The second-order valence-electron chi connectivity index (χ2n) is 7.70. The summed E-state index contributed by atoms with van der Waals surface area (Å²) in [6.07, 6.45) is 3.64. The molecule has 1 saturated heterocycles. The molecule has 0 bridgehead atoms. The van der Waals surface area contributed by atoms with E-state index >= 15 is 0 Å². The first-order chi connectivity index (χ1) is 17.5. The summed E-state index contributed by atoms with van der Waals surface area (Å²) in [6.45, 7) is 0. The van der Waals surface area contributed by atoms with E-state index in [4.69, 9.17) is 4.84 Å². The predicted molar refractivity (Wildman–Crippen MR) is 133 cm³/mol. The van der Waals surface area contributed by atoms with Gasteiger partial charge in [0.2, 0.25) is 6.41 Å². The minimum atomic E-state index is -1.21. The van der Waals surface area contributed by atoms with E-state index in [0.29, 0.717) is 28.5 Å². The molecule has 2 fully saturated rings. The van der Waals surface area contributed by atoms with Gasteiger partial charge in [-0.15, -0.1) is 23.1 Å². The molecular formula is C19H17N7O6S4. The summed E-state index contributed by atoms with van der Waals surface area (Å²) in [7, 11) is 0. The van der Waals surface area contributed by atoms with Crippen molar-refractivity contribution in [3.63, 3.8) is 0 Å². The number of oxime groups is 1. The largest absolute Gasteiger partial charge is 0.477 e. The Balaban J connectivity index is 1.30. The van der Waals surface area contributed by atoms with Gasteiger partial charge in [0, 0.05) is 16.9 Å². The zero-order valence-electron chi connectivity index (χ0n) is 18.2. The number of aliphatic carboxylic acids is 1. The van der Waals surface area contributed by atoms with Crippen molar-refractivity contribution in [2.75, 3.05) is 16.8 Å². The SMILES string of the molecule is O=CNc1nc(/C(=N/OC2CC2)C(=O)N[C@@H]2C(=O)N3C(C(=O)O)=C(CSc4cnsn4)CS[C@H]23)cs1. The highest BCUT2D eigenvalue weighted by molar-refractivity contribution is 8.01. The molecule has 1 saturated carbocycles. The molecule has 0 radical (unpaired) electrons. The molecule has 13 nitrogen and oxygen atoms in total. The molecule has 2 aromatic rings. The van der Waals surface area contributed by atoms with Gasteiger partial charge in [0.1, 0.15) is 33.9 Å². The van der Waals surface area contributed by atoms with Crippen LogP contribution in [0, 0.1) is 0 Å². The van der Waals surface area contributed by atoms with Crippen molar-refractivity contribution in [2.45, 2.75) is 35.4 Å². The van der Waals surface area contributed by atoms with Gasteiger partial charge >= 0.3 is 5.97 Å². The van der Waals surface area contributed by atoms with Crippen LogP contribution < -0.4 is 10.6 Å². The fourth-order valence-corrected chi connectivity index (χ4v) is 6.91. The molecule has 3 N–H and O–H groups in total. The van der Waals surface area contributed by atoms with Crippen molar-refractivity contribution in [1.29, 1.82) is 0 Å². The molecule has 2 aliphatic heterocycles. The zero-order valence-corrected chi connectivity index (χ0v) is 21.4. The number of fused-ring (bicyclic) bond motifs is 1. The van der Waals surface area contributed by atoms with Crippen LogP contribution >= 0.6 is 46.6 Å². The lowest BCUT2D eigenvalue weighted by molar-refractivity contribution is -0.150. The Labute approximate surface area is 220 Å². The lowest BCUT2D eigenvalue weighted by Crippen LogP contribution is -2.71. The van der Waals surface area contributed by atoms with E-state index in [1.807, 2.05) is 0 Å². The molecular weight excluding hydrogens is 551 g/mol. The van der Waals surface area contributed by atoms with Crippen LogP contribution in [-0.4, -0.2) is 82.7 Å². The van der Waals surface area contributed by atoms with Crippen molar-refractivity contribution in [3.05, 3.63) is 28.5 Å². The highest BCUT2D eigenvalue weighted by Crippen LogP contribution is 2.41. The number of carboxylic acids is 1. The molecule has 0 aromatic carbocycles. The quantitative estimate of drug-likeness (QED) is 0.116. The maximum Gasteiger partial charge on any atom is 0.352 e. The van der Waals surface area contributed by atoms with Crippen molar-refractivity contribution >= 4 is 81.6 Å². The van der Waals surface area contributed by atoms with Crippen molar-refractivity contribution in [1.82, 2.24) is 23.9 Å². The number of amides is 3. The number of anilines is 1. The molecule has 2 aromatic heterocycles. The van der Waals surface area contributed by atoms with E-state index in [0.717, 1.165) is 35.9 Å². The number of nitrogens with one attached hydrogen (secondary N) is 2. The standard InChI is InChI=1S/C19H17N7O6S4/c27-7-20-19-22-10(6-35-19)12(24-32-9-1-2-9)15(28)23-13-16(29)26-14(18(30)31)8(5-34-17(13)26)4-33-11-3-21-36-25-11/h3,6-7,9,13,17H,1-2,4-5H2,(H,23,28)(H,30,31)(H,20,22,27)/b24-12-/t13-,17-/m1/s1. The number of carbonyl (C=O) groups excluding carboxylic acids is 3. The molecule has 4 heterocycles. The molecule has 36 heavy (non-hydrogen) atoms. The molecule has 17 heteroatoms. The summed E-state index contributed by atoms with van der Waals surface area (Å²) in [6, 6.07) is -0.939. The average Bonchev–Trinajstić information content (AvgIpc) is 3.33. The summed E-state index contributed by atoms with van der Waals surface area (Å²) >= 11 is 4.88. The van der Waals surface area contributed by atoms with Gasteiger partial charge in [-0.05, 0) is 18.4 Å². The summed E-state index contributed by atoms with van der Waals surface area (Å²) < 4.78 is 8.03. The Morgan fingerprint density at radius 2 is 2.22 bits per heavy atom. The van der Waals surface area contributed by atoms with E-state index in [-0.39, 0.29) is 28.3 Å². The van der Waals surface area contributed by atoms with Crippen LogP contribution in [0.2, 0.25) is 0 Å². The van der Waals surface area contributed by atoms with E-state index in [1.54, 1.807) is 6.20 Å². The van der Waals surface area contributed by atoms with Crippen molar-refractivity contribution in [3.8, 4) is 0 Å². The fourth-order valence-electron chi connectivity index (χ4n) is 3.39. The number of carboxylic acid groups (broad SMARTS) is 1. The Bertz CT molecular complexity index is 1260. The maximum atomic E-state index is 13.1. The number of rotatable bonds is 11. The molecule has 1 aliphatic carbocycles. The van der Waals surface area contributed by atoms with Gasteiger partial charge < -0.3 is 20.6 Å². The highest BCUT2D eigenvalue weighted by atomic mass is 32.2. The van der Waals surface area contributed by atoms with Gasteiger partial charge in [-0.2, -0.15) is 8.75 Å². The van der Waals surface area contributed by atoms with Crippen LogP contribution in [0.15, 0.2) is 33.0 Å². The van der Waals surface area contributed by atoms with Crippen LogP contribution in [-0.2, 0) is 24.0 Å². The number of thioether (sulfide) groups is 2. The lowest BCUT2D eigenvalue weighted by atomic mass is 10.0. The van der Waals surface area contributed by atoms with Crippen LogP contribution in [0.1, 0.15) is 18.5 Å². The summed E-state index contributed by atoms with van der Waals surface area (Å²) in [4.78, 5) is 59.6. The number of thiazole rings is 1. The highest BCUT2D eigenvalue weighted by Gasteiger charge is 2.54. The smallest absolute Gasteiger partial charge is 0.352 e. The third-order valence-corrected chi connectivity index (χ3v) is 8.93. The first kappa shape index (κ1) is 24.7. The van der Waals surface area contributed by atoms with Crippen LogP contribution in [0.3, 0.4) is 0 Å². The molecule has 5 rings (SSSR count). The number of β-lactam (4-membered cyclic amide) rings is 1. The Hall–Kier alpha value is -3.02. The van der Waals surface area contributed by atoms with Crippen molar-refractivity contribution in [2.24, 2.45) is 5.16 Å². The molecule has 2 atom stereocenters. The number of hydrogen-bond acceptors (Lipinski definition) is 13. The predicted octanol–water partition coefficient (Wildman–Crippen LogP) is 0.977. The summed E-state index contributed by atoms with van der Waals surface area (Å²) in [5, 5.41) is 20.8. The Morgan fingerprint density at radius 3 is 2.92 bits per heavy atom. The minimum Gasteiger partial charge on any atom is -0.477 e. The monoisotopic (exact) mass is 567 g/mol. The molecule has 3 amide bonds. The second kappa shape index (κ2) is 10.5. The van der Waals surface area contributed by atoms with Gasteiger partial charge in [-0.3, -0.25) is 19.3 Å². The molecule has 3 aliphatic rings. The normalized spacial score (nSPS) is 21.5. The second-order valence-corrected chi connectivity index (χ2v) is 11.2. The van der Waals surface area contributed by atoms with E-state index in [9.17, 15) is 24.3 Å². The molecule has 188 valence electrons. The topological polar surface area (TPSA) is 176 Å². The van der Waals surface area contributed by atoms with Gasteiger partial charge in [-0.1, -0.05) is 16.9 Å². The fraction of sp³-hybridized carbons (Fsp3) is 0.368. The van der Waals surface area contributed by atoms with Gasteiger partial charge in [0.05, 0.1) is 17.9 Å². The summed E-state index contributed by atoms with van der Waals surface area (Å²) in [5.41, 5.74) is 0.578. The number of carbonyl (C=O) groups is 4. The Kier molecular flexibility index (Phi) is 7.22. The van der Waals surface area contributed by atoms with Gasteiger partial charge in [0.25, 0.3) is 11.8 Å². The lowest BCUT2D eigenvalue weighted by Gasteiger charge is -2.49. The Morgan fingerprint density at radius 1 is 1.39 bits per heavy atom. The number of aromatic nitrogens is 3. The number of nitrogens with zero attached hydrogens (tertiary/aromatic N) is 5. The average molecular weight is 568 g/mol. The van der Waals surface area contributed by atoms with Crippen LogP contribution in [0.25, 0.3) is 0 Å². The third-order valence-electron chi connectivity index (χ3n) is 5.23. The van der Waals surface area contributed by atoms with E-state index in [2.05, 4.69) is 29.5 Å². The maximum absolute atomic E-state index is 13.1. The molecule has 0 unspecified atom stereocenters. The van der Waals surface area contributed by atoms with E-state index in [1.165, 1.54) is 33.8 Å². The van der Waals surface area contributed by atoms with E-state index < -0.39 is 29.2 Å². The van der Waals surface area contributed by atoms with Gasteiger partial charge in [0.15, 0.2) is 10.8 Å². The summed E-state index contributed by atoms with van der Waals surface area (Å²) in [5.74, 6) is -1.69. The molecule has 0 spiro atoms. The zero-order chi connectivity index (χ0) is 25.2. The minimum absolute atomic E-state index is 0.0695. The first-order valence-corrected chi connectivity index (χ1v) is 14.1. The number of hydrogen-bond donors (Lipinski definition) is 3. The van der Waals surface area contributed by atoms with Crippen molar-refractivity contribution < 1.29 is 29.1 Å². The third kappa shape index (κ3) is 5.09. The van der Waals surface area contributed by atoms with Crippen LogP contribution in [0.4, 0.5) is 5.13 Å². The van der Waals surface area contributed by atoms with Crippen LogP contribution in [0.5, 0.6) is 0 Å². The van der Waals surface area contributed by atoms with Gasteiger partial charge in [-0.25, -0.2) is 9.78 Å².